The molecule has 0 bridgehead atoms. The SMILES string of the molecule is CCCNC1CCc2c(-c3ccc(C)c(F)c3)cccc21. The number of benzene rings is 2. The molecule has 1 aliphatic carbocycles. The summed E-state index contributed by atoms with van der Waals surface area (Å²) in [7, 11) is 0. The van der Waals surface area contributed by atoms with Crippen LogP contribution in [0.1, 0.15) is 42.5 Å². The summed E-state index contributed by atoms with van der Waals surface area (Å²) in [5.74, 6) is -0.122. The van der Waals surface area contributed by atoms with E-state index in [2.05, 4.69) is 30.4 Å². The molecule has 0 saturated heterocycles. The van der Waals surface area contributed by atoms with Crippen LogP contribution < -0.4 is 5.32 Å². The summed E-state index contributed by atoms with van der Waals surface area (Å²) in [6, 6.07) is 12.4. The first kappa shape index (κ1) is 14.3. The Kier molecular flexibility index (Phi) is 4.07. The van der Waals surface area contributed by atoms with Crippen molar-refractivity contribution in [2.45, 2.75) is 39.2 Å². The van der Waals surface area contributed by atoms with Crippen LogP contribution in [0.5, 0.6) is 0 Å². The van der Waals surface area contributed by atoms with Gasteiger partial charge in [-0.05, 0) is 66.6 Å². The summed E-state index contributed by atoms with van der Waals surface area (Å²) in [5, 5.41) is 3.61. The van der Waals surface area contributed by atoms with Crippen LogP contribution in [0.15, 0.2) is 36.4 Å². The van der Waals surface area contributed by atoms with Crippen molar-refractivity contribution in [1.82, 2.24) is 5.32 Å². The molecule has 2 aromatic rings. The summed E-state index contributed by atoms with van der Waals surface area (Å²) in [4.78, 5) is 0. The summed E-state index contributed by atoms with van der Waals surface area (Å²) in [6.45, 7) is 5.04. The molecular formula is C19H22FN. The molecule has 0 fully saturated rings. The molecule has 3 rings (SSSR count). The quantitative estimate of drug-likeness (QED) is 0.851. The van der Waals surface area contributed by atoms with Crippen molar-refractivity contribution in [3.05, 3.63) is 58.9 Å². The van der Waals surface area contributed by atoms with Gasteiger partial charge in [0, 0.05) is 6.04 Å². The molecule has 2 heteroatoms. The lowest BCUT2D eigenvalue weighted by atomic mass is 9.95. The Labute approximate surface area is 126 Å². The third kappa shape index (κ3) is 2.73. The first-order valence-electron chi connectivity index (χ1n) is 7.82. The lowest BCUT2D eigenvalue weighted by Gasteiger charge is -2.14. The molecule has 0 heterocycles. The van der Waals surface area contributed by atoms with Crippen molar-refractivity contribution < 1.29 is 4.39 Å². The average Bonchev–Trinajstić information content (AvgIpc) is 2.91. The average molecular weight is 283 g/mol. The van der Waals surface area contributed by atoms with Gasteiger partial charge in [-0.3, -0.25) is 0 Å². The standard InChI is InChI=1S/C19H22FN/c1-3-11-21-19-10-9-16-15(5-4-6-17(16)19)14-8-7-13(2)18(20)12-14/h4-8,12,19,21H,3,9-11H2,1-2H3. The Hall–Kier alpha value is -1.67. The van der Waals surface area contributed by atoms with Crippen LogP contribution in [0.4, 0.5) is 4.39 Å². The van der Waals surface area contributed by atoms with Gasteiger partial charge in [0.25, 0.3) is 0 Å². The van der Waals surface area contributed by atoms with Crippen molar-refractivity contribution >= 4 is 0 Å². The van der Waals surface area contributed by atoms with Gasteiger partial charge in [-0.25, -0.2) is 4.39 Å². The van der Waals surface area contributed by atoms with Gasteiger partial charge in [-0.15, -0.1) is 0 Å². The van der Waals surface area contributed by atoms with Gasteiger partial charge in [0.15, 0.2) is 0 Å². The molecule has 1 atom stereocenters. The van der Waals surface area contributed by atoms with E-state index in [4.69, 9.17) is 0 Å². The molecule has 1 N–H and O–H groups in total. The molecule has 1 nitrogen and oxygen atoms in total. The molecule has 1 aliphatic rings. The molecule has 0 aromatic heterocycles. The topological polar surface area (TPSA) is 12.0 Å². The Bertz CT molecular complexity index is 648. The summed E-state index contributed by atoms with van der Waals surface area (Å²) in [5.41, 5.74) is 5.66. The third-order valence-corrected chi connectivity index (χ3v) is 4.39. The van der Waals surface area contributed by atoms with Crippen molar-refractivity contribution in [2.75, 3.05) is 6.54 Å². The van der Waals surface area contributed by atoms with Crippen molar-refractivity contribution in [3.8, 4) is 11.1 Å². The summed E-state index contributed by atoms with van der Waals surface area (Å²) < 4.78 is 13.8. The zero-order valence-electron chi connectivity index (χ0n) is 12.7. The molecule has 1 unspecified atom stereocenters. The summed E-state index contributed by atoms with van der Waals surface area (Å²) in [6.07, 6.45) is 3.36. The van der Waals surface area contributed by atoms with E-state index in [1.165, 1.54) is 16.7 Å². The smallest absolute Gasteiger partial charge is 0.126 e. The second-order valence-electron chi connectivity index (χ2n) is 5.88. The number of fused-ring (bicyclic) bond motifs is 1. The van der Waals surface area contributed by atoms with Gasteiger partial charge < -0.3 is 5.32 Å². The summed E-state index contributed by atoms with van der Waals surface area (Å²) >= 11 is 0. The van der Waals surface area contributed by atoms with Gasteiger partial charge in [0.2, 0.25) is 0 Å². The van der Waals surface area contributed by atoms with Crippen molar-refractivity contribution in [3.63, 3.8) is 0 Å². The van der Waals surface area contributed by atoms with E-state index in [9.17, 15) is 4.39 Å². The van der Waals surface area contributed by atoms with Gasteiger partial charge in [-0.1, -0.05) is 37.3 Å². The van der Waals surface area contributed by atoms with E-state index in [0.29, 0.717) is 11.6 Å². The molecule has 21 heavy (non-hydrogen) atoms. The fourth-order valence-corrected chi connectivity index (χ4v) is 3.22. The Morgan fingerprint density at radius 1 is 1.24 bits per heavy atom. The number of hydrogen-bond acceptors (Lipinski definition) is 1. The first-order valence-corrected chi connectivity index (χ1v) is 7.82. The fraction of sp³-hybridized carbons (Fsp3) is 0.368. The molecule has 2 aromatic carbocycles. The van der Waals surface area contributed by atoms with Crippen LogP contribution >= 0.6 is 0 Å². The van der Waals surface area contributed by atoms with Crippen molar-refractivity contribution in [2.24, 2.45) is 0 Å². The molecular weight excluding hydrogens is 261 g/mol. The molecule has 0 amide bonds. The second-order valence-corrected chi connectivity index (χ2v) is 5.88. The van der Waals surface area contributed by atoms with Crippen molar-refractivity contribution in [1.29, 1.82) is 0 Å². The van der Waals surface area contributed by atoms with E-state index in [1.54, 1.807) is 13.0 Å². The maximum Gasteiger partial charge on any atom is 0.126 e. The van der Waals surface area contributed by atoms with E-state index in [1.807, 2.05) is 12.1 Å². The zero-order valence-corrected chi connectivity index (χ0v) is 12.7. The highest BCUT2D eigenvalue weighted by atomic mass is 19.1. The highest BCUT2D eigenvalue weighted by molar-refractivity contribution is 5.70. The molecule has 0 saturated carbocycles. The fourth-order valence-electron chi connectivity index (χ4n) is 3.22. The maximum atomic E-state index is 13.8. The number of hydrogen-bond donors (Lipinski definition) is 1. The van der Waals surface area contributed by atoms with Gasteiger partial charge in [0.1, 0.15) is 5.82 Å². The predicted octanol–water partition coefficient (Wildman–Crippen LogP) is 4.79. The minimum absolute atomic E-state index is 0.122. The van der Waals surface area contributed by atoms with Gasteiger partial charge in [0.05, 0.1) is 0 Å². The zero-order chi connectivity index (χ0) is 14.8. The van der Waals surface area contributed by atoms with Crippen LogP contribution in [0.25, 0.3) is 11.1 Å². The monoisotopic (exact) mass is 283 g/mol. The Morgan fingerprint density at radius 3 is 2.86 bits per heavy atom. The van der Waals surface area contributed by atoms with Crippen LogP contribution in [-0.4, -0.2) is 6.54 Å². The van der Waals surface area contributed by atoms with E-state index >= 15 is 0 Å². The van der Waals surface area contributed by atoms with Gasteiger partial charge >= 0.3 is 0 Å². The number of rotatable bonds is 4. The number of aryl methyl sites for hydroxylation is 1. The van der Waals surface area contributed by atoms with Crippen LogP contribution in [-0.2, 0) is 6.42 Å². The van der Waals surface area contributed by atoms with Gasteiger partial charge in [-0.2, -0.15) is 0 Å². The molecule has 0 aliphatic heterocycles. The Morgan fingerprint density at radius 2 is 2.10 bits per heavy atom. The minimum Gasteiger partial charge on any atom is -0.310 e. The Balaban J connectivity index is 1.98. The normalized spacial score (nSPS) is 17.0. The number of halogens is 1. The van der Waals surface area contributed by atoms with E-state index < -0.39 is 0 Å². The number of nitrogens with one attached hydrogen (secondary N) is 1. The van der Waals surface area contributed by atoms with E-state index in [-0.39, 0.29) is 5.82 Å². The molecule has 110 valence electrons. The first-order chi connectivity index (χ1) is 10.2. The van der Waals surface area contributed by atoms with Crippen LogP contribution in [0.2, 0.25) is 0 Å². The largest absolute Gasteiger partial charge is 0.310 e. The maximum absolute atomic E-state index is 13.8. The highest BCUT2D eigenvalue weighted by Gasteiger charge is 2.24. The van der Waals surface area contributed by atoms with Crippen LogP contribution in [0.3, 0.4) is 0 Å². The van der Waals surface area contributed by atoms with Crippen LogP contribution in [0, 0.1) is 12.7 Å². The molecule has 0 radical (unpaired) electrons. The lowest BCUT2D eigenvalue weighted by Crippen LogP contribution is -2.19. The molecule has 0 spiro atoms. The third-order valence-electron chi connectivity index (χ3n) is 4.39. The second kappa shape index (κ2) is 5.98. The minimum atomic E-state index is -0.122. The van der Waals surface area contributed by atoms with E-state index in [0.717, 1.165) is 31.4 Å². The highest BCUT2D eigenvalue weighted by Crippen LogP contribution is 2.38. The lowest BCUT2D eigenvalue weighted by molar-refractivity contribution is 0.529. The predicted molar refractivity (Wildman–Crippen MR) is 85.9 cm³/mol.